The van der Waals surface area contributed by atoms with E-state index in [0.29, 0.717) is 15.7 Å². The zero-order valence-electron chi connectivity index (χ0n) is 11.3. The first-order chi connectivity index (χ1) is 10.0. The lowest BCUT2D eigenvalue weighted by Gasteiger charge is -2.07. The zero-order chi connectivity index (χ0) is 15.4. The summed E-state index contributed by atoms with van der Waals surface area (Å²) in [4.78, 5) is 23.6. The van der Waals surface area contributed by atoms with E-state index in [9.17, 15) is 14.9 Å². The second-order valence-corrected chi connectivity index (χ2v) is 6.49. The van der Waals surface area contributed by atoms with Gasteiger partial charge in [-0.15, -0.1) is 11.3 Å². The van der Waals surface area contributed by atoms with Gasteiger partial charge in [-0.1, -0.05) is 6.92 Å². The number of thiophene rings is 1. The van der Waals surface area contributed by atoms with E-state index in [0.717, 1.165) is 11.3 Å². The highest BCUT2D eigenvalue weighted by molar-refractivity contribution is 14.1. The van der Waals surface area contributed by atoms with Crippen LogP contribution in [0.5, 0.6) is 0 Å². The predicted octanol–water partition coefficient (Wildman–Crippen LogP) is 3.75. The van der Waals surface area contributed by atoms with Crippen molar-refractivity contribution in [1.29, 1.82) is 0 Å². The van der Waals surface area contributed by atoms with Crippen LogP contribution in [0.2, 0.25) is 0 Å². The van der Waals surface area contributed by atoms with Crippen LogP contribution >= 0.6 is 33.9 Å². The van der Waals surface area contributed by atoms with Crippen molar-refractivity contribution in [3.63, 3.8) is 0 Å². The fraction of sp³-hybridized carbons (Fsp3) is 0.214. The molecule has 1 aromatic carbocycles. The third-order valence-corrected chi connectivity index (χ3v) is 4.94. The van der Waals surface area contributed by atoms with Crippen molar-refractivity contribution in [2.24, 2.45) is 0 Å². The van der Waals surface area contributed by atoms with E-state index >= 15 is 0 Å². The number of carbonyl (C=O) groups excluding carboxylic acids is 1. The summed E-state index contributed by atoms with van der Waals surface area (Å²) in [5.41, 5.74) is 1.47. The van der Waals surface area contributed by atoms with E-state index < -0.39 is 4.92 Å². The van der Waals surface area contributed by atoms with Crippen LogP contribution < -0.4 is 5.32 Å². The van der Waals surface area contributed by atoms with Gasteiger partial charge in [-0.2, -0.15) is 0 Å². The third-order valence-electron chi connectivity index (χ3n) is 3.03. The molecule has 1 aromatic heterocycles. The van der Waals surface area contributed by atoms with Crippen LogP contribution in [0.1, 0.15) is 27.7 Å². The van der Waals surface area contributed by atoms with Gasteiger partial charge < -0.3 is 5.32 Å². The van der Waals surface area contributed by atoms with Crippen LogP contribution in [0.25, 0.3) is 0 Å². The number of nitrogens with one attached hydrogen (secondary N) is 1. The van der Waals surface area contributed by atoms with Gasteiger partial charge in [0, 0.05) is 20.6 Å². The van der Waals surface area contributed by atoms with Crippen molar-refractivity contribution in [2.75, 3.05) is 0 Å². The highest BCUT2D eigenvalue weighted by atomic mass is 127. The number of amides is 1. The van der Waals surface area contributed by atoms with Crippen molar-refractivity contribution in [1.82, 2.24) is 5.32 Å². The van der Waals surface area contributed by atoms with E-state index in [1.165, 1.54) is 17.7 Å². The SMILES string of the molecule is CCc1ccsc1CNC(=O)c1cc([N+](=O)[O-])ccc1I. The molecule has 2 aromatic rings. The third kappa shape index (κ3) is 3.79. The number of carbonyl (C=O) groups is 1. The van der Waals surface area contributed by atoms with Gasteiger partial charge in [0.25, 0.3) is 11.6 Å². The Labute approximate surface area is 139 Å². The number of non-ortho nitro benzene ring substituents is 1. The Balaban J connectivity index is 2.13. The van der Waals surface area contributed by atoms with Gasteiger partial charge in [0.15, 0.2) is 0 Å². The number of nitro benzene ring substituents is 1. The summed E-state index contributed by atoms with van der Waals surface area (Å²) >= 11 is 3.60. The lowest BCUT2D eigenvalue weighted by molar-refractivity contribution is -0.384. The smallest absolute Gasteiger partial charge is 0.270 e. The normalized spacial score (nSPS) is 10.4. The van der Waals surface area contributed by atoms with Crippen molar-refractivity contribution in [3.05, 3.63) is 59.3 Å². The Kier molecular flexibility index (Phi) is 5.29. The van der Waals surface area contributed by atoms with E-state index in [-0.39, 0.29) is 11.6 Å². The average Bonchev–Trinajstić information content (AvgIpc) is 2.92. The Hall–Kier alpha value is -1.48. The number of nitro groups is 1. The summed E-state index contributed by atoms with van der Waals surface area (Å²) in [6, 6.07) is 6.33. The molecule has 0 radical (unpaired) electrons. The van der Waals surface area contributed by atoms with Gasteiger partial charge in [-0.3, -0.25) is 14.9 Å². The minimum atomic E-state index is -0.499. The fourth-order valence-corrected chi connectivity index (χ4v) is 3.39. The molecule has 0 saturated heterocycles. The number of halogens is 1. The van der Waals surface area contributed by atoms with Gasteiger partial charge in [0.05, 0.1) is 17.0 Å². The summed E-state index contributed by atoms with van der Waals surface area (Å²) < 4.78 is 0.692. The largest absolute Gasteiger partial charge is 0.347 e. The lowest BCUT2D eigenvalue weighted by atomic mass is 10.2. The Morgan fingerprint density at radius 3 is 2.86 bits per heavy atom. The van der Waals surface area contributed by atoms with E-state index in [2.05, 4.69) is 12.2 Å². The summed E-state index contributed by atoms with van der Waals surface area (Å²) in [5, 5.41) is 15.6. The van der Waals surface area contributed by atoms with Gasteiger partial charge >= 0.3 is 0 Å². The van der Waals surface area contributed by atoms with E-state index in [4.69, 9.17) is 0 Å². The summed E-state index contributed by atoms with van der Waals surface area (Å²) in [5.74, 6) is -0.293. The summed E-state index contributed by atoms with van der Waals surface area (Å²) in [7, 11) is 0. The van der Waals surface area contributed by atoms with Crippen LogP contribution in [0.4, 0.5) is 5.69 Å². The van der Waals surface area contributed by atoms with Crippen molar-refractivity contribution in [3.8, 4) is 0 Å². The molecule has 0 spiro atoms. The standard InChI is InChI=1S/C14H13IN2O3S/c1-2-9-5-6-21-13(9)8-16-14(18)11-7-10(17(19)20)3-4-12(11)15/h3-7H,2,8H2,1H3,(H,16,18). The van der Waals surface area contributed by atoms with Crippen LogP contribution in [-0.2, 0) is 13.0 Å². The van der Waals surface area contributed by atoms with Crippen molar-refractivity contribution < 1.29 is 9.72 Å². The maximum Gasteiger partial charge on any atom is 0.270 e. The molecule has 2 rings (SSSR count). The molecule has 0 atom stereocenters. The number of aryl methyl sites for hydroxylation is 1. The molecule has 0 aliphatic carbocycles. The number of nitrogens with zero attached hydrogens (tertiary/aromatic N) is 1. The number of hydrogen-bond donors (Lipinski definition) is 1. The summed E-state index contributed by atoms with van der Waals surface area (Å²) in [6.45, 7) is 2.51. The van der Waals surface area contributed by atoms with Crippen LogP contribution in [0, 0.1) is 13.7 Å². The first kappa shape index (κ1) is 15.9. The van der Waals surface area contributed by atoms with E-state index in [1.807, 2.05) is 34.0 Å². The molecule has 0 aliphatic rings. The van der Waals surface area contributed by atoms with Gasteiger partial charge in [-0.25, -0.2) is 0 Å². The molecule has 1 N–H and O–H groups in total. The number of hydrogen-bond acceptors (Lipinski definition) is 4. The van der Waals surface area contributed by atoms with Crippen LogP contribution in [0.15, 0.2) is 29.6 Å². The molecule has 5 nitrogen and oxygen atoms in total. The molecule has 0 unspecified atom stereocenters. The van der Waals surface area contributed by atoms with E-state index in [1.54, 1.807) is 17.4 Å². The summed E-state index contributed by atoms with van der Waals surface area (Å²) in [6.07, 6.45) is 0.920. The Morgan fingerprint density at radius 2 is 2.19 bits per heavy atom. The quantitative estimate of drug-likeness (QED) is 0.459. The fourth-order valence-electron chi connectivity index (χ4n) is 1.89. The van der Waals surface area contributed by atoms with Crippen LogP contribution in [0.3, 0.4) is 0 Å². The molecule has 0 fully saturated rings. The predicted molar refractivity (Wildman–Crippen MR) is 90.7 cm³/mol. The number of benzene rings is 1. The molecule has 0 aliphatic heterocycles. The highest BCUT2D eigenvalue weighted by Crippen LogP contribution is 2.21. The average molecular weight is 416 g/mol. The molecule has 21 heavy (non-hydrogen) atoms. The molecule has 110 valence electrons. The maximum absolute atomic E-state index is 12.2. The molecule has 0 bridgehead atoms. The second kappa shape index (κ2) is 6.99. The topological polar surface area (TPSA) is 72.2 Å². The molecule has 1 amide bonds. The Bertz CT molecular complexity index is 685. The van der Waals surface area contributed by atoms with Crippen LogP contribution in [-0.4, -0.2) is 10.8 Å². The maximum atomic E-state index is 12.2. The first-order valence-corrected chi connectivity index (χ1v) is 8.26. The molecule has 1 heterocycles. The van der Waals surface area contributed by atoms with Crippen molar-refractivity contribution in [2.45, 2.75) is 19.9 Å². The minimum Gasteiger partial charge on any atom is -0.347 e. The second-order valence-electron chi connectivity index (χ2n) is 4.33. The first-order valence-electron chi connectivity index (χ1n) is 6.30. The van der Waals surface area contributed by atoms with Crippen molar-refractivity contribution >= 4 is 45.5 Å². The lowest BCUT2D eigenvalue weighted by Crippen LogP contribution is -2.23. The van der Waals surface area contributed by atoms with Gasteiger partial charge in [0.1, 0.15) is 0 Å². The minimum absolute atomic E-state index is 0.0778. The van der Waals surface area contributed by atoms with Gasteiger partial charge in [-0.05, 0) is 52.1 Å². The number of rotatable bonds is 5. The zero-order valence-corrected chi connectivity index (χ0v) is 14.2. The highest BCUT2D eigenvalue weighted by Gasteiger charge is 2.15. The molecule has 7 heteroatoms. The molecular weight excluding hydrogens is 403 g/mol. The monoisotopic (exact) mass is 416 g/mol. The van der Waals surface area contributed by atoms with Gasteiger partial charge in [0.2, 0.25) is 0 Å². The molecular formula is C14H13IN2O3S. The molecule has 0 saturated carbocycles. The Morgan fingerprint density at radius 1 is 1.43 bits per heavy atom.